The lowest BCUT2D eigenvalue weighted by atomic mass is 10.0. The van der Waals surface area contributed by atoms with Crippen molar-refractivity contribution in [2.75, 3.05) is 30.9 Å². The SMILES string of the molecule is COCCCN(C(=O)CC1C=CCC1)c1c(N)n(Cc2ccccc2)c(=O)[nH]c1=O. The number of anilines is 2. The number of amides is 1. The third-order valence-electron chi connectivity index (χ3n) is 5.25. The Labute approximate surface area is 175 Å². The molecule has 0 saturated carbocycles. The van der Waals surface area contributed by atoms with Gasteiger partial charge in [-0.1, -0.05) is 42.5 Å². The molecule has 0 radical (unpaired) electrons. The molecule has 160 valence electrons. The summed E-state index contributed by atoms with van der Waals surface area (Å²) in [6.45, 7) is 0.912. The summed E-state index contributed by atoms with van der Waals surface area (Å²) >= 11 is 0. The number of H-pyrrole nitrogens is 1. The van der Waals surface area contributed by atoms with Gasteiger partial charge >= 0.3 is 5.69 Å². The van der Waals surface area contributed by atoms with Gasteiger partial charge in [0.05, 0.1) is 6.54 Å². The predicted octanol–water partition coefficient (Wildman–Crippen LogP) is 1.89. The number of methoxy groups -OCH3 is 1. The molecule has 8 nitrogen and oxygen atoms in total. The minimum Gasteiger partial charge on any atom is -0.385 e. The molecule has 1 amide bonds. The molecule has 1 aliphatic rings. The van der Waals surface area contributed by atoms with Gasteiger partial charge in [-0.05, 0) is 30.7 Å². The number of aromatic nitrogens is 2. The van der Waals surface area contributed by atoms with Crippen molar-refractivity contribution in [1.82, 2.24) is 9.55 Å². The Morgan fingerprint density at radius 2 is 2.07 bits per heavy atom. The molecule has 1 aliphatic carbocycles. The van der Waals surface area contributed by atoms with E-state index in [-0.39, 0.29) is 36.4 Å². The lowest BCUT2D eigenvalue weighted by Crippen LogP contribution is -2.42. The van der Waals surface area contributed by atoms with E-state index in [9.17, 15) is 14.4 Å². The van der Waals surface area contributed by atoms with E-state index < -0.39 is 11.2 Å². The average molecular weight is 412 g/mol. The molecule has 1 unspecified atom stereocenters. The molecule has 0 bridgehead atoms. The number of aromatic amines is 1. The molecular weight excluding hydrogens is 384 g/mol. The van der Waals surface area contributed by atoms with E-state index >= 15 is 0 Å². The number of nitrogen functional groups attached to an aromatic ring is 1. The second-order valence-electron chi connectivity index (χ2n) is 7.43. The van der Waals surface area contributed by atoms with Crippen LogP contribution in [0.25, 0.3) is 0 Å². The van der Waals surface area contributed by atoms with Crippen LogP contribution < -0.4 is 21.9 Å². The minimum atomic E-state index is -0.658. The summed E-state index contributed by atoms with van der Waals surface area (Å²) in [5.74, 6) is -0.0527. The highest BCUT2D eigenvalue weighted by Crippen LogP contribution is 2.24. The van der Waals surface area contributed by atoms with Crippen LogP contribution in [0.2, 0.25) is 0 Å². The number of allylic oxidation sites excluding steroid dienone is 2. The van der Waals surface area contributed by atoms with Crippen LogP contribution in [0.1, 0.15) is 31.2 Å². The van der Waals surface area contributed by atoms with Crippen LogP contribution >= 0.6 is 0 Å². The molecule has 1 aromatic heterocycles. The van der Waals surface area contributed by atoms with Gasteiger partial charge in [-0.3, -0.25) is 19.1 Å². The number of rotatable bonds is 9. The van der Waals surface area contributed by atoms with E-state index in [0.717, 1.165) is 18.4 Å². The number of carbonyl (C=O) groups excluding carboxylic acids is 1. The molecule has 0 aliphatic heterocycles. The molecule has 0 spiro atoms. The fourth-order valence-electron chi connectivity index (χ4n) is 3.69. The van der Waals surface area contributed by atoms with Gasteiger partial charge in [0, 0.05) is 26.7 Å². The van der Waals surface area contributed by atoms with E-state index in [0.29, 0.717) is 19.4 Å². The van der Waals surface area contributed by atoms with Crippen molar-refractivity contribution in [2.24, 2.45) is 5.92 Å². The Kier molecular flexibility index (Phi) is 7.24. The van der Waals surface area contributed by atoms with Crippen molar-refractivity contribution in [3.63, 3.8) is 0 Å². The smallest absolute Gasteiger partial charge is 0.330 e. The number of carbonyl (C=O) groups is 1. The molecule has 8 heteroatoms. The number of benzene rings is 1. The van der Waals surface area contributed by atoms with Gasteiger partial charge in [0.15, 0.2) is 5.69 Å². The largest absolute Gasteiger partial charge is 0.385 e. The molecule has 1 atom stereocenters. The first-order valence-corrected chi connectivity index (χ1v) is 10.1. The molecule has 1 heterocycles. The van der Waals surface area contributed by atoms with Crippen LogP contribution in [0.5, 0.6) is 0 Å². The summed E-state index contributed by atoms with van der Waals surface area (Å²) in [4.78, 5) is 42.0. The summed E-state index contributed by atoms with van der Waals surface area (Å²) < 4.78 is 6.39. The number of nitrogens with one attached hydrogen (secondary N) is 1. The topological polar surface area (TPSA) is 110 Å². The molecule has 30 heavy (non-hydrogen) atoms. The lowest BCUT2D eigenvalue weighted by molar-refractivity contribution is -0.119. The number of nitrogens with two attached hydrogens (primary N) is 1. The molecule has 3 rings (SSSR count). The Bertz CT molecular complexity index is 1010. The van der Waals surface area contributed by atoms with E-state index in [4.69, 9.17) is 10.5 Å². The van der Waals surface area contributed by atoms with Crippen LogP contribution in [-0.4, -0.2) is 35.7 Å². The van der Waals surface area contributed by atoms with Gasteiger partial charge in [0.1, 0.15) is 5.82 Å². The van der Waals surface area contributed by atoms with Crippen molar-refractivity contribution < 1.29 is 9.53 Å². The van der Waals surface area contributed by atoms with Crippen molar-refractivity contribution in [1.29, 1.82) is 0 Å². The zero-order chi connectivity index (χ0) is 21.5. The molecule has 0 fully saturated rings. The summed E-state index contributed by atoms with van der Waals surface area (Å²) in [5.41, 5.74) is 5.91. The van der Waals surface area contributed by atoms with Gasteiger partial charge < -0.3 is 15.4 Å². The van der Waals surface area contributed by atoms with Crippen LogP contribution in [0.4, 0.5) is 11.5 Å². The van der Waals surface area contributed by atoms with E-state index in [1.54, 1.807) is 7.11 Å². The third kappa shape index (κ3) is 5.07. The number of hydrogen-bond donors (Lipinski definition) is 2. The summed E-state index contributed by atoms with van der Waals surface area (Å²) in [5, 5.41) is 0. The van der Waals surface area contributed by atoms with Crippen molar-refractivity contribution >= 4 is 17.4 Å². The van der Waals surface area contributed by atoms with Gasteiger partial charge in [0.25, 0.3) is 5.56 Å². The summed E-state index contributed by atoms with van der Waals surface area (Å²) in [7, 11) is 1.58. The van der Waals surface area contributed by atoms with Crippen molar-refractivity contribution in [3.05, 3.63) is 68.9 Å². The fourth-order valence-corrected chi connectivity index (χ4v) is 3.69. The summed E-state index contributed by atoms with van der Waals surface area (Å²) in [6.07, 6.45) is 6.80. The Balaban J connectivity index is 1.97. The molecule has 1 aromatic carbocycles. The first-order valence-electron chi connectivity index (χ1n) is 10.1. The van der Waals surface area contributed by atoms with Gasteiger partial charge in [0.2, 0.25) is 5.91 Å². The maximum absolute atomic E-state index is 13.1. The Morgan fingerprint density at radius 1 is 1.30 bits per heavy atom. The number of hydrogen-bond acceptors (Lipinski definition) is 5. The highest BCUT2D eigenvalue weighted by atomic mass is 16.5. The van der Waals surface area contributed by atoms with Crippen LogP contribution in [0, 0.1) is 5.92 Å². The van der Waals surface area contributed by atoms with E-state index in [2.05, 4.69) is 11.1 Å². The van der Waals surface area contributed by atoms with Crippen molar-refractivity contribution in [3.8, 4) is 0 Å². The highest BCUT2D eigenvalue weighted by molar-refractivity contribution is 5.95. The molecular formula is C22H28N4O4. The Hall–Kier alpha value is -3.13. The lowest BCUT2D eigenvalue weighted by Gasteiger charge is -2.25. The fraction of sp³-hybridized carbons (Fsp3) is 0.409. The zero-order valence-electron chi connectivity index (χ0n) is 17.2. The van der Waals surface area contributed by atoms with Gasteiger partial charge in [-0.2, -0.15) is 0 Å². The minimum absolute atomic E-state index is 0.0136. The second kappa shape index (κ2) is 10.1. The van der Waals surface area contributed by atoms with Gasteiger partial charge in [-0.25, -0.2) is 4.79 Å². The Morgan fingerprint density at radius 3 is 2.73 bits per heavy atom. The predicted molar refractivity (Wildman–Crippen MR) is 117 cm³/mol. The maximum Gasteiger partial charge on any atom is 0.330 e. The van der Waals surface area contributed by atoms with Crippen LogP contribution in [0.15, 0.2) is 52.1 Å². The van der Waals surface area contributed by atoms with E-state index in [1.807, 2.05) is 36.4 Å². The monoisotopic (exact) mass is 412 g/mol. The van der Waals surface area contributed by atoms with Gasteiger partial charge in [-0.15, -0.1) is 0 Å². The average Bonchev–Trinajstić information content (AvgIpc) is 3.23. The highest BCUT2D eigenvalue weighted by Gasteiger charge is 2.26. The van der Waals surface area contributed by atoms with Crippen molar-refractivity contribution in [2.45, 2.75) is 32.2 Å². The van der Waals surface area contributed by atoms with Crippen LogP contribution in [0.3, 0.4) is 0 Å². The second-order valence-corrected chi connectivity index (χ2v) is 7.43. The first kappa shape index (κ1) is 21.6. The number of nitrogens with zero attached hydrogens (tertiary/aromatic N) is 2. The maximum atomic E-state index is 13.1. The normalized spacial score (nSPS) is 15.4. The zero-order valence-corrected chi connectivity index (χ0v) is 17.2. The number of ether oxygens (including phenoxy) is 1. The molecule has 3 N–H and O–H groups in total. The quantitative estimate of drug-likeness (QED) is 0.483. The van der Waals surface area contributed by atoms with E-state index in [1.165, 1.54) is 9.47 Å². The summed E-state index contributed by atoms with van der Waals surface area (Å²) in [6, 6.07) is 9.33. The van der Waals surface area contributed by atoms with Crippen LogP contribution in [-0.2, 0) is 16.1 Å². The third-order valence-corrected chi connectivity index (χ3v) is 5.25. The standard InChI is InChI=1S/C22H28N4O4/c1-30-13-7-12-25(18(27)14-16-8-5-6-9-16)19-20(23)26(22(29)24-21(19)28)15-17-10-3-2-4-11-17/h2-5,8,10-11,16H,6-7,9,12-15,23H2,1H3,(H,24,28,29). The molecule has 0 saturated heterocycles. The molecule has 2 aromatic rings. The first-order chi connectivity index (χ1) is 14.5.